The molecule has 3 rings (SSSR count). The lowest BCUT2D eigenvalue weighted by molar-refractivity contribution is 0.138. The highest BCUT2D eigenvalue weighted by Gasteiger charge is 2.22. The summed E-state index contributed by atoms with van der Waals surface area (Å²) in [5.74, 6) is -0.782. The Morgan fingerprint density at radius 2 is 1.97 bits per heavy atom. The van der Waals surface area contributed by atoms with Gasteiger partial charge in [0.1, 0.15) is 11.5 Å². The van der Waals surface area contributed by atoms with Crippen LogP contribution in [0.5, 0.6) is 0 Å². The molecule has 0 bridgehead atoms. The first-order chi connectivity index (χ1) is 14.0. The predicted octanol–water partition coefficient (Wildman–Crippen LogP) is 3.79. The first-order valence-corrected chi connectivity index (χ1v) is 8.63. The Kier molecular flexibility index (Phi) is 6.25. The Balaban J connectivity index is 1.80. The average Bonchev–Trinajstić information content (AvgIpc) is 3.17. The van der Waals surface area contributed by atoms with Crippen molar-refractivity contribution >= 4 is 29.2 Å². The monoisotopic (exact) mass is 419 g/mol. The van der Waals surface area contributed by atoms with Gasteiger partial charge in [-0.05, 0) is 28.9 Å². The maximum atomic E-state index is 13.3. The Bertz CT molecular complexity index is 1030. The number of anilines is 1. The summed E-state index contributed by atoms with van der Waals surface area (Å²) in [6.07, 6.45) is -1.18. The molecular weight excluding hydrogens is 405 g/mol. The highest BCUT2D eigenvalue weighted by Crippen LogP contribution is 2.20. The largest absolute Gasteiger partial charge is 0.465 e. The molecule has 3 N–H and O–H groups in total. The molecule has 0 unspecified atom stereocenters. The molecule has 150 valence electrons. The molecule has 2 aromatic carbocycles. The molecule has 1 amide bonds. The minimum Gasteiger partial charge on any atom is -0.465 e. The lowest BCUT2D eigenvalue weighted by Crippen LogP contribution is -2.29. The molecular formula is C18H15ClFN5O4. The number of hydrogen-bond donors (Lipinski definition) is 3. The Morgan fingerprint density at radius 3 is 2.62 bits per heavy atom. The second-order valence-electron chi connectivity index (χ2n) is 5.89. The summed E-state index contributed by atoms with van der Waals surface area (Å²) in [4.78, 5) is 12.7. The van der Waals surface area contributed by atoms with E-state index in [1.54, 1.807) is 24.3 Å². The van der Waals surface area contributed by atoms with Gasteiger partial charge in [0.15, 0.2) is 5.69 Å². The number of nitrogens with one attached hydrogen (secondary N) is 1. The van der Waals surface area contributed by atoms with Gasteiger partial charge in [-0.15, -0.1) is 0 Å². The van der Waals surface area contributed by atoms with Crippen molar-refractivity contribution in [2.45, 2.75) is 13.1 Å². The van der Waals surface area contributed by atoms with Crippen LogP contribution in [0.1, 0.15) is 17.0 Å². The van der Waals surface area contributed by atoms with Gasteiger partial charge in [-0.2, -0.15) is 0 Å². The second kappa shape index (κ2) is 9.02. The van der Waals surface area contributed by atoms with Crippen LogP contribution in [0.15, 0.2) is 58.3 Å². The zero-order chi connectivity index (χ0) is 20.8. The van der Waals surface area contributed by atoms with Crippen molar-refractivity contribution < 1.29 is 24.1 Å². The lowest BCUT2D eigenvalue weighted by Gasteiger charge is -2.18. The number of benzene rings is 2. The summed E-state index contributed by atoms with van der Waals surface area (Å²) in [6.45, 7) is -0.0665. The summed E-state index contributed by atoms with van der Waals surface area (Å²) in [5, 5.41) is 32.0. The fourth-order valence-electron chi connectivity index (χ4n) is 2.51. The van der Waals surface area contributed by atoms with E-state index < -0.39 is 11.9 Å². The maximum Gasteiger partial charge on any atom is 0.407 e. The first-order valence-electron chi connectivity index (χ1n) is 8.25. The molecule has 0 radical (unpaired) electrons. The fraction of sp³-hybridized carbons (Fsp3) is 0.111. The number of amides is 1. The van der Waals surface area contributed by atoms with Crippen molar-refractivity contribution in [3.63, 3.8) is 0 Å². The molecule has 11 heteroatoms. The number of halogens is 2. The van der Waals surface area contributed by atoms with E-state index in [4.69, 9.17) is 16.2 Å². The highest BCUT2D eigenvalue weighted by atomic mass is 35.5. The van der Waals surface area contributed by atoms with Crippen LogP contribution in [0.25, 0.3) is 0 Å². The molecule has 1 heterocycles. The van der Waals surface area contributed by atoms with E-state index >= 15 is 0 Å². The van der Waals surface area contributed by atoms with Crippen molar-refractivity contribution in [1.29, 1.82) is 0 Å². The van der Waals surface area contributed by atoms with Gasteiger partial charge >= 0.3 is 6.09 Å². The van der Waals surface area contributed by atoms with E-state index in [1.807, 2.05) is 6.07 Å². The summed E-state index contributed by atoms with van der Waals surface area (Å²) in [7, 11) is 0. The summed E-state index contributed by atoms with van der Waals surface area (Å²) in [5.41, 5.74) is 1.21. The van der Waals surface area contributed by atoms with Crippen LogP contribution in [0, 0.1) is 5.82 Å². The van der Waals surface area contributed by atoms with Gasteiger partial charge in [-0.1, -0.05) is 52.2 Å². The molecule has 0 aliphatic rings. The number of rotatable bonds is 6. The van der Waals surface area contributed by atoms with Gasteiger partial charge in [0.25, 0.3) is 0 Å². The van der Waals surface area contributed by atoms with Crippen molar-refractivity contribution in [3.05, 3.63) is 76.3 Å². The van der Waals surface area contributed by atoms with E-state index in [0.717, 1.165) is 16.5 Å². The Morgan fingerprint density at radius 1 is 1.21 bits per heavy atom. The SMILES string of the molecule is O=C(O)N(Cc1ccccc1)Cc1nonc1/C(=N\O)Nc1ccc(F)c(Cl)c1. The molecule has 3 aromatic rings. The standard InChI is InChI=1S/C18H15ClFN5O4/c19-13-8-12(6-7-14(13)20)21-17(22-28)16-15(23-29-24-16)10-25(18(26)27)9-11-4-2-1-3-5-11/h1-8,28H,9-10H2,(H,21,22)(H,26,27). The summed E-state index contributed by atoms with van der Waals surface area (Å²) in [6, 6.07) is 12.8. The number of carbonyl (C=O) groups is 1. The van der Waals surface area contributed by atoms with Crippen LogP contribution < -0.4 is 5.32 Å². The molecule has 0 fully saturated rings. The van der Waals surface area contributed by atoms with Gasteiger partial charge < -0.3 is 15.6 Å². The number of amidine groups is 1. The topological polar surface area (TPSA) is 124 Å². The lowest BCUT2D eigenvalue weighted by atomic mass is 10.2. The van der Waals surface area contributed by atoms with Crippen molar-refractivity contribution in [2.24, 2.45) is 5.16 Å². The molecule has 29 heavy (non-hydrogen) atoms. The zero-order valence-electron chi connectivity index (χ0n) is 14.8. The third-order valence-corrected chi connectivity index (χ3v) is 4.18. The number of carboxylic acid groups (broad SMARTS) is 1. The number of hydrogen-bond acceptors (Lipinski definition) is 6. The number of nitrogens with zero attached hydrogens (tertiary/aromatic N) is 4. The van der Waals surface area contributed by atoms with Gasteiger partial charge in [-0.3, -0.25) is 4.90 Å². The van der Waals surface area contributed by atoms with Crippen LogP contribution >= 0.6 is 11.6 Å². The van der Waals surface area contributed by atoms with Crippen molar-refractivity contribution in [3.8, 4) is 0 Å². The molecule has 0 saturated heterocycles. The summed E-state index contributed by atoms with van der Waals surface area (Å²) >= 11 is 5.74. The smallest absolute Gasteiger partial charge is 0.407 e. The number of aromatic nitrogens is 2. The van der Waals surface area contributed by atoms with Crippen LogP contribution in [-0.2, 0) is 13.1 Å². The van der Waals surface area contributed by atoms with Crippen molar-refractivity contribution in [1.82, 2.24) is 15.2 Å². The molecule has 0 aliphatic heterocycles. The highest BCUT2D eigenvalue weighted by molar-refractivity contribution is 6.31. The minimum atomic E-state index is -1.18. The Labute approximate surface area is 169 Å². The van der Waals surface area contributed by atoms with Crippen LogP contribution in [0.4, 0.5) is 14.9 Å². The van der Waals surface area contributed by atoms with E-state index in [2.05, 4.69) is 20.8 Å². The quantitative estimate of drug-likeness (QED) is 0.240. The third-order valence-electron chi connectivity index (χ3n) is 3.89. The third kappa shape index (κ3) is 4.99. The number of oxime groups is 1. The van der Waals surface area contributed by atoms with E-state index in [9.17, 15) is 19.5 Å². The summed E-state index contributed by atoms with van der Waals surface area (Å²) < 4.78 is 18.0. The molecule has 0 spiro atoms. The van der Waals surface area contributed by atoms with Crippen LogP contribution in [-0.4, -0.2) is 37.5 Å². The fourth-order valence-corrected chi connectivity index (χ4v) is 2.69. The predicted molar refractivity (Wildman–Crippen MR) is 101 cm³/mol. The average molecular weight is 420 g/mol. The van der Waals surface area contributed by atoms with E-state index in [1.165, 1.54) is 12.1 Å². The molecule has 0 saturated carbocycles. The molecule has 9 nitrogen and oxygen atoms in total. The van der Waals surface area contributed by atoms with Gasteiger partial charge in [-0.25, -0.2) is 13.8 Å². The van der Waals surface area contributed by atoms with Crippen LogP contribution in [0.2, 0.25) is 5.02 Å². The second-order valence-corrected chi connectivity index (χ2v) is 6.29. The zero-order valence-corrected chi connectivity index (χ0v) is 15.5. The maximum absolute atomic E-state index is 13.3. The molecule has 0 atom stereocenters. The molecule has 0 aliphatic carbocycles. The van der Waals surface area contributed by atoms with Gasteiger partial charge in [0.2, 0.25) is 5.84 Å². The molecule has 1 aromatic heterocycles. The normalized spacial score (nSPS) is 11.3. The first kappa shape index (κ1) is 20.1. The van der Waals surface area contributed by atoms with Crippen LogP contribution in [0.3, 0.4) is 0 Å². The van der Waals surface area contributed by atoms with Gasteiger partial charge in [0.05, 0.1) is 11.6 Å². The van der Waals surface area contributed by atoms with Crippen molar-refractivity contribution in [2.75, 3.05) is 5.32 Å². The van der Waals surface area contributed by atoms with E-state index in [0.29, 0.717) is 5.69 Å². The van der Waals surface area contributed by atoms with Gasteiger partial charge in [0, 0.05) is 12.2 Å². The van der Waals surface area contributed by atoms with E-state index in [-0.39, 0.29) is 35.3 Å². The Hall–Kier alpha value is -3.66. The minimum absolute atomic E-state index is 0.00717.